The summed E-state index contributed by atoms with van der Waals surface area (Å²) in [6.07, 6.45) is 5.12. The Morgan fingerprint density at radius 1 is 1.60 bits per heavy atom. The van der Waals surface area contributed by atoms with Gasteiger partial charge in [-0.25, -0.2) is 0 Å². The van der Waals surface area contributed by atoms with Gasteiger partial charge < -0.3 is 4.79 Å². The lowest BCUT2D eigenvalue weighted by molar-refractivity contribution is -0.115. The lowest BCUT2D eigenvalue weighted by Crippen LogP contribution is -2.17. The average Bonchev–Trinajstić information content (AvgIpc) is 2.00. The topological polar surface area (TPSA) is 17.1 Å². The maximum absolute atomic E-state index is 10.6. The molecule has 10 heavy (non-hydrogen) atoms. The number of rotatable bonds is 5. The van der Waals surface area contributed by atoms with Crippen LogP contribution in [0.3, 0.4) is 0 Å². The lowest BCUT2D eigenvalue weighted by Gasteiger charge is -2.19. The van der Waals surface area contributed by atoms with Crippen molar-refractivity contribution in [1.82, 2.24) is 0 Å². The second-order valence-electron chi connectivity index (χ2n) is 2.87. The summed E-state index contributed by atoms with van der Waals surface area (Å²) >= 11 is 1.80. The van der Waals surface area contributed by atoms with Crippen LogP contribution in [0.4, 0.5) is 0 Å². The van der Waals surface area contributed by atoms with Crippen molar-refractivity contribution in [3.05, 3.63) is 0 Å². The summed E-state index contributed by atoms with van der Waals surface area (Å²) in [7, 11) is 0. The first-order chi connectivity index (χ1) is 4.68. The fourth-order valence-corrected chi connectivity index (χ4v) is 1.32. The maximum Gasteiger partial charge on any atom is 0.125 e. The Labute approximate surface area is 67.6 Å². The highest BCUT2D eigenvalue weighted by molar-refractivity contribution is 7.98. The van der Waals surface area contributed by atoms with Gasteiger partial charge in [0.1, 0.15) is 6.29 Å². The molecule has 0 N–H and O–H groups in total. The van der Waals surface area contributed by atoms with Crippen molar-refractivity contribution in [2.45, 2.75) is 26.7 Å². The first-order valence-electron chi connectivity index (χ1n) is 3.64. The second kappa shape index (κ2) is 4.78. The largest absolute Gasteiger partial charge is 0.303 e. The summed E-state index contributed by atoms with van der Waals surface area (Å²) in [5.41, 5.74) is -0.0665. The van der Waals surface area contributed by atoms with Crippen LogP contribution >= 0.6 is 11.8 Å². The van der Waals surface area contributed by atoms with Gasteiger partial charge in [-0.05, 0) is 24.9 Å². The number of thioether (sulfide) groups is 1. The summed E-state index contributed by atoms with van der Waals surface area (Å²) < 4.78 is 0. The van der Waals surface area contributed by atoms with E-state index in [9.17, 15) is 4.79 Å². The SMILES string of the molecule is CCC(C)(C=O)CCSC. The molecule has 2 heteroatoms. The van der Waals surface area contributed by atoms with E-state index in [0.717, 1.165) is 24.9 Å². The Morgan fingerprint density at radius 3 is 2.50 bits per heavy atom. The minimum atomic E-state index is -0.0665. The number of hydrogen-bond donors (Lipinski definition) is 0. The molecule has 0 aliphatic carbocycles. The van der Waals surface area contributed by atoms with Crippen molar-refractivity contribution in [2.24, 2.45) is 5.41 Å². The van der Waals surface area contributed by atoms with Gasteiger partial charge in [0.25, 0.3) is 0 Å². The normalized spacial score (nSPS) is 16.3. The van der Waals surface area contributed by atoms with Crippen LogP contribution in [0.5, 0.6) is 0 Å². The molecule has 60 valence electrons. The van der Waals surface area contributed by atoms with Crippen LogP contribution in [0.2, 0.25) is 0 Å². The summed E-state index contributed by atoms with van der Waals surface area (Å²) in [6, 6.07) is 0. The summed E-state index contributed by atoms with van der Waals surface area (Å²) in [5.74, 6) is 1.09. The molecule has 1 unspecified atom stereocenters. The smallest absolute Gasteiger partial charge is 0.125 e. The van der Waals surface area contributed by atoms with Gasteiger partial charge in [0, 0.05) is 5.41 Å². The lowest BCUT2D eigenvalue weighted by atomic mass is 9.87. The van der Waals surface area contributed by atoms with Crippen LogP contribution in [0.25, 0.3) is 0 Å². The van der Waals surface area contributed by atoms with E-state index in [1.54, 1.807) is 11.8 Å². The molecule has 0 saturated carbocycles. The van der Waals surface area contributed by atoms with E-state index in [1.807, 2.05) is 6.92 Å². The molecule has 0 aromatic rings. The van der Waals surface area contributed by atoms with Crippen LogP contribution in [0, 0.1) is 5.41 Å². The van der Waals surface area contributed by atoms with E-state index in [-0.39, 0.29) is 5.41 Å². The molecule has 1 nitrogen and oxygen atoms in total. The molecule has 0 bridgehead atoms. The highest BCUT2D eigenvalue weighted by Gasteiger charge is 2.19. The zero-order valence-electron chi connectivity index (χ0n) is 7.02. The highest BCUT2D eigenvalue weighted by Crippen LogP contribution is 2.23. The van der Waals surface area contributed by atoms with E-state index >= 15 is 0 Å². The number of hydrogen-bond acceptors (Lipinski definition) is 2. The zero-order valence-corrected chi connectivity index (χ0v) is 7.83. The first kappa shape index (κ1) is 10.0. The van der Waals surface area contributed by atoms with Crippen molar-refractivity contribution >= 4 is 18.0 Å². The molecule has 0 saturated heterocycles. The fraction of sp³-hybridized carbons (Fsp3) is 0.875. The third-order valence-electron chi connectivity index (χ3n) is 1.97. The average molecular weight is 160 g/mol. The van der Waals surface area contributed by atoms with E-state index < -0.39 is 0 Å². The Morgan fingerprint density at radius 2 is 2.20 bits per heavy atom. The summed E-state index contributed by atoms with van der Waals surface area (Å²) in [5, 5.41) is 0. The standard InChI is InChI=1S/C8H16OS/c1-4-8(2,7-9)5-6-10-3/h7H,4-6H2,1-3H3. The fourth-order valence-electron chi connectivity index (χ4n) is 0.654. The molecular formula is C8H16OS. The van der Waals surface area contributed by atoms with Crippen molar-refractivity contribution in [1.29, 1.82) is 0 Å². The van der Waals surface area contributed by atoms with Crippen molar-refractivity contribution in [2.75, 3.05) is 12.0 Å². The van der Waals surface area contributed by atoms with Gasteiger partial charge in [-0.3, -0.25) is 0 Å². The minimum Gasteiger partial charge on any atom is -0.303 e. The molecule has 0 aliphatic heterocycles. The van der Waals surface area contributed by atoms with Crippen molar-refractivity contribution in [3.63, 3.8) is 0 Å². The highest BCUT2D eigenvalue weighted by atomic mass is 32.2. The van der Waals surface area contributed by atoms with E-state index in [0.29, 0.717) is 0 Å². The first-order valence-corrected chi connectivity index (χ1v) is 5.03. The quantitative estimate of drug-likeness (QED) is 0.574. The molecule has 0 aliphatic rings. The van der Waals surface area contributed by atoms with Crippen LogP contribution < -0.4 is 0 Å². The Hall–Kier alpha value is 0.0200. The number of aldehydes is 1. The molecular weight excluding hydrogens is 144 g/mol. The van der Waals surface area contributed by atoms with Gasteiger partial charge in [-0.2, -0.15) is 11.8 Å². The minimum absolute atomic E-state index is 0.0665. The summed E-state index contributed by atoms with van der Waals surface area (Å²) in [4.78, 5) is 10.6. The Kier molecular flexibility index (Phi) is 4.79. The van der Waals surface area contributed by atoms with Gasteiger partial charge in [-0.1, -0.05) is 13.8 Å². The van der Waals surface area contributed by atoms with Gasteiger partial charge >= 0.3 is 0 Å². The predicted molar refractivity (Wildman–Crippen MR) is 47.5 cm³/mol. The van der Waals surface area contributed by atoms with Crippen LogP contribution in [-0.4, -0.2) is 18.3 Å². The van der Waals surface area contributed by atoms with Gasteiger partial charge in [0.15, 0.2) is 0 Å². The second-order valence-corrected chi connectivity index (χ2v) is 3.85. The molecule has 1 atom stereocenters. The van der Waals surface area contributed by atoms with Gasteiger partial charge in [0.05, 0.1) is 0 Å². The van der Waals surface area contributed by atoms with Gasteiger partial charge in [-0.15, -0.1) is 0 Å². The van der Waals surface area contributed by atoms with E-state index in [2.05, 4.69) is 13.2 Å². The number of carbonyl (C=O) groups excluding carboxylic acids is 1. The third kappa shape index (κ3) is 3.25. The molecule has 0 aromatic carbocycles. The summed E-state index contributed by atoms with van der Waals surface area (Å²) in [6.45, 7) is 4.09. The molecule has 0 amide bonds. The molecule has 0 spiro atoms. The van der Waals surface area contributed by atoms with Crippen LogP contribution in [0.1, 0.15) is 26.7 Å². The predicted octanol–water partition coefficient (Wildman–Crippen LogP) is 2.35. The molecule has 0 rings (SSSR count). The third-order valence-corrected chi connectivity index (χ3v) is 2.58. The zero-order chi connectivity index (χ0) is 8.04. The molecule has 0 aromatic heterocycles. The van der Waals surface area contributed by atoms with E-state index in [1.165, 1.54) is 0 Å². The number of carbonyl (C=O) groups is 1. The molecule has 0 heterocycles. The van der Waals surface area contributed by atoms with Crippen molar-refractivity contribution < 1.29 is 4.79 Å². The monoisotopic (exact) mass is 160 g/mol. The van der Waals surface area contributed by atoms with Crippen LogP contribution in [0.15, 0.2) is 0 Å². The Bertz CT molecular complexity index is 103. The molecule has 0 radical (unpaired) electrons. The Balaban J connectivity index is 3.68. The maximum atomic E-state index is 10.6. The van der Waals surface area contributed by atoms with Crippen LogP contribution in [-0.2, 0) is 4.79 Å². The van der Waals surface area contributed by atoms with E-state index in [4.69, 9.17) is 0 Å². The van der Waals surface area contributed by atoms with Crippen molar-refractivity contribution in [3.8, 4) is 0 Å². The van der Waals surface area contributed by atoms with Gasteiger partial charge in [0.2, 0.25) is 0 Å². The molecule has 0 fully saturated rings.